The van der Waals surface area contributed by atoms with Crippen LogP contribution in [0.2, 0.25) is 0 Å². The molecule has 0 radical (unpaired) electrons. The van der Waals surface area contributed by atoms with E-state index in [1.54, 1.807) is 36.1 Å². The smallest absolute Gasteiger partial charge is 0.333 e. The van der Waals surface area contributed by atoms with E-state index in [1.165, 1.54) is 24.3 Å². The van der Waals surface area contributed by atoms with E-state index in [4.69, 9.17) is 14.2 Å². The number of hydrogen-bond acceptors (Lipinski definition) is 5. The van der Waals surface area contributed by atoms with Gasteiger partial charge in [0.15, 0.2) is 6.10 Å². The third kappa shape index (κ3) is 10.6. The molecule has 0 aliphatic heterocycles. The predicted molar refractivity (Wildman–Crippen MR) is 147 cm³/mol. The van der Waals surface area contributed by atoms with Gasteiger partial charge in [-0.3, -0.25) is 0 Å². The van der Waals surface area contributed by atoms with Crippen LogP contribution in [0.15, 0.2) is 78.9 Å². The Morgan fingerprint density at radius 2 is 1.54 bits per heavy atom. The molecule has 0 aromatic heterocycles. The maximum Gasteiger partial charge on any atom is 0.333 e. The molecule has 0 fully saturated rings. The van der Waals surface area contributed by atoms with Crippen LogP contribution in [0.5, 0.6) is 11.5 Å². The van der Waals surface area contributed by atoms with E-state index in [-0.39, 0.29) is 24.9 Å². The van der Waals surface area contributed by atoms with Crippen molar-refractivity contribution in [2.24, 2.45) is 0 Å². The molecule has 1 atom stereocenters. The summed E-state index contributed by atoms with van der Waals surface area (Å²) in [6, 6.07) is 22.0. The molecule has 0 saturated carbocycles. The van der Waals surface area contributed by atoms with Crippen molar-refractivity contribution in [1.82, 2.24) is 4.90 Å². The maximum absolute atomic E-state index is 13.2. The summed E-state index contributed by atoms with van der Waals surface area (Å²) in [5.41, 5.74) is 1.32. The van der Waals surface area contributed by atoms with Gasteiger partial charge in [-0.05, 0) is 73.9 Å². The van der Waals surface area contributed by atoms with E-state index in [0.29, 0.717) is 37.7 Å². The minimum absolute atomic E-state index is 0.257. The number of benzene rings is 3. The Morgan fingerprint density at radius 3 is 2.21 bits per heavy atom. The number of rotatable bonds is 16. The highest BCUT2D eigenvalue weighted by molar-refractivity contribution is 5.89. The average Bonchev–Trinajstić information content (AvgIpc) is 2.94. The minimum Gasteiger partial charge on any atom is -0.494 e. The second kappa shape index (κ2) is 16.0. The zero-order chi connectivity index (χ0) is 27.9. The molecule has 0 aliphatic rings. The summed E-state index contributed by atoms with van der Waals surface area (Å²) in [4.78, 5) is 25.9. The van der Waals surface area contributed by atoms with Crippen LogP contribution in [-0.2, 0) is 16.0 Å². The van der Waals surface area contributed by atoms with Gasteiger partial charge >= 0.3 is 12.0 Å². The molecule has 208 valence electrons. The number of halogens is 1. The molecular formula is C30H35FN2O6. The molecule has 2 amide bonds. The zero-order valence-corrected chi connectivity index (χ0v) is 22.1. The molecule has 2 N–H and O–H groups in total. The highest BCUT2D eigenvalue weighted by atomic mass is 19.1. The van der Waals surface area contributed by atoms with Gasteiger partial charge in [0.2, 0.25) is 0 Å². The number of para-hydroxylation sites is 1. The number of carbonyl (C=O) groups excluding carboxylic acids is 1. The third-order valence-corrected chi connectivity index (χ3v) is 5.83. The molecule has 9 heteroatoms. The van der Waals surface area contributed by atoms with Crippen LogP contribution in [0.25, 0.3) is 0 Å². The van der Waals surface area contributed by atoms with Gasteiger partial charge in [0.1, 0.15) is 23.9 Å². The summed E-state index contributed by atoms with van der Waals surface area (Å²) in [6.45, 7) is 3.69. The first-order chi connectivity index (χ1) is 18.9. The molecule has 3 aromatic carbocycles. The first-order valence-electron chi connectivity index (χ1n) is 13.0. The van der Waals surface area contributed by atoms with E-state index in [9.17, 15) is 19.1 Å². The molecule has 3 rings (SSSR count). The van der Waals surface area contributed by atoms with Gasteiger partial charge in [-0.25, -0.2) is 14.0 Å². The second-order valence-electron chi connectivity index (χ2n) is 8.77. The third-order valence-electron chi connectivity index (χ3n) is 5.83. The highest BCUT2D eigenvalue weighted by Gasteiger charge is 2.18. The molecule has 0 heterocycles. The SMILES string of the molecule is CCOC(Cc1ccc(OCCN(CCCCOc2ccccc2)C(=O)Nc2ccc(F)cc2)cc1)C(=O)O. The van der Waals surface area contributed by atoms with Crippen LogP contribution in [0.3, 0.4) is 0 Å². The maximum atomic E-state index is 13.2. The van der Waals surface area contributed by atoms with Crippen molar-refractivity contribution >= 4 is 17.7 Å². The van der Waals surface area contributed by atoms with Crippen LogP contribution < -0.4 is 14.8 Å². The van der Waals surface area contributed by atoms with E-state index in [0.717, 1.165) is 24.2 Å². The topological polar surface area (TPSA) is 97.3 Å². The molecule has 3 aromatic rings. The number of urea groups is 1. The van der Waals surface area contributed by atoms with Crippen molar-refractivity contribution in [3.63, 3.8) is 0 Å². The fourth-order valence-electron chi connectivity index (χ4n) is 3.79. The largest absolute Gasteiger partial charge is 0.494 e. The number of nitrogens with zero attached hydrogens (tertiary/aromatic N) is 1. The summed E-state index contributed by atoms with van der Waals surface area (Å²) in [7, 11) is 0. The van der Waals surface area contributed by atoms with Crippen molar-refractivity contribution < 1.29 is 33.3 Å². The lowest BCUT2D eigenvalue weighted by Crippen LogP contribution is -2.38. The highest BCUT2D eigenvalue weighted by Crippen LogP contribution is 2.16. The van der Waals surface area contributed by atoms with Crippen LogP contribution >= 0.6 is 0 Å². The summed E-state index contributed by atoms with van der Waals surface area (Å²) in [5, 5.41) is 12.1. The van der Waals surface area contributed by atoms with Gasteiger partial charge in [-0.2, -0.15) is 0 Å². The fourth-order valence-corrected chi connectivity index (χ4v) is 3.79. The van der Waals surface area contributed by atoms with Gasteiger partial charge in [0.25, 0.3) is 0 Å². The molecule has 0 spiro atoms. The number of carbonyl (C=O) groups is 2. The predicted octanol–water partition coefficient (Wildman–Crippen LogP) is 5.63. The lowest BCUT2D eigenvalue weighted by molar-refractivity contribution is -0.149. The van der Waals surface area contributed by atoms with Crippen LogP contribution in [0.4, 0.5) is 14.9 Å². The van der Waals surface area contributed by atoms with E-state index < -0.39 is 12.1 Å². The molecular weight excluding hydrogens is 503 g/mol. The van der Waals surface area contributed by atoms with Gasteiger partial charge in [0, 0.05) is 25.3 Å². The average molecular weight is 539 g/mol. The summed E-state index contributed by atoms with van der Waals surface area (Å²) in [5.74, 6) is 0.0401. The Morgan fingerprint density at radius 1 is 0.872 bits per heavy atom. The molecule has 0 saturated heterocycles. The lowest BCUT2D eigenvalue weighted by Gasteiger charge is -2.23. The zero-order valence-electron chi connectivity index (χ0n) is 22.1. The standard InChI is InChI=1S/C30H35FN2O6/c1-2-37-28(29(34)35)22-23-10-16-27(17-11-23)39-21-19-33(30(36)32-25-14-12-24(31)13-15-25)18-6-7-20-38-26-8-4-3-5-9-26/h3-5,8-17,28H,2,6-7,18-22H2,1H3,(H,32,36)(H,34,35). The summed E-state index contributed by atoms with van der Waals surface area (Å²) < 4.78 is 30.1. The van der Waals surface area contributed by atoms with Crippen molar-refractivity contribution in [3.8, 4) is 11.5 Å². The van der Waals surface area contributed by atoms with Crippen molar-refractivity contribution in [3.05, 3.63) is 90.2 Å². The second-order valence-corrected chi connectivity index (χ2v) is 8.77. The van der Waals surface area contributed by atoms with Crippen molar-refractivity contribution in [1.29, 1.82) is 0 Å². The Balaban J connectivity index is 1.50. The first kappa shape index (κ1) is 29.4. The fraction of sp³-hybridized carbons (Fsp3) is 0.333. The Kier molecular flexibility index (Phi) is 12.1. The Bertz CT molecular complexity index is 1140. The van der Waals surface area contributed by atoms with Gasteiger partial charge in [0.05, 0.1) is 13.2 Å². The number of aliphatic carboxylic acids is 1. The number of hydrogen-bond donors (Lipinski definition) is 2. The van der Waals surface area contributed by atoms with E-state index in [2.05, 4.69) is 5.32 Å². The number of carboxylic acids is 1. The number of ether oxygens (including phenoxy) is 3. The monoisotopic (exact) mass is 538 g/mol. The van der Waals surface area contributed by atoms with Gasteiger partial charge < -0.3 is 29.5 Å². The number of amides is 2. The van der Waals surface area contributed by atoms with Crippen molar-refractivity contribution in [2.45, 2.75) is 32.3 Å². The molecule has 39 heavy (non-hydrogen) atoms. The number of unbranched alkanes of at least 4 members (excludes halogenated alkanes) is 1. The van der Waals surface area contributed by atoms with Gasteiger partial charge in [-0.1, -0.05) is 30.3 Å². The Hall–Kier alpha value is -4.11. The number of carboxylic acid groups (broad SMARTS) is 1. The summed E-state index contributed by atoms with van der Waals surface area (Å²) in [6.07, 6.45) is 0.849. The summed E-state index contributed by atoms with van der Waals surface area (Å²) >= 11 is 0. The van der Waals surface area contributed by atoms with Gasteiger partial charge in [-0.15, -0.1) is 0 Å². The minimum atomic E-state index is -0.997. The number of nitrogens with one attached hydrogen (secondary N) is 1. The Labute approximate surface area is 228 Å². The van der Waals surface area contributed by atoms with E-state index >= 15 is 0 Å². The van der Waals surface area contributed by atoms with Crippen LogP contribution in [0, 0.1) is 5.82 Å². The first-order valence-corrected chi connectivity index (χ1v) is 13.0. The lowest BCUT2D eigenvalue weighted by atomic mass is 10.1. The normalized spacial score (nSPS) is 11.4. The molecule has 0 aliphatic carbocycles. The quantitative estimate of drug-likeness (QED) is 0.230. The van der Waals surface area contributed by atoms with Crippen molar-refractivity contribution in [2.75, 3.05) is 38.2 Å². The molecule has 8 nitrogen and oxygen atoms in total. The van der Waals surface area contributed by atoms with Crippen LogP contribution in [-0.4, -0.2) is 61.0 Å². The van der Waals surface area contributed by atoms with E-state index in [1.807, 2.05) is 30.3 Å². The molecule has 1 unspecified atom stereocenters. The number of anilines is 1. The van der Waals surface area contributed by atoms with Crippen LogP contribution in [0.1, 0.15) is 25.3 Å². The molecule has 0 bridgehead atoms.